The number of aryl methyl sites for hydroxylation is 1. The molecule has 236 valence electrons. The fourth-order valence-electron chi connectivity index (χ4n) is 4.73. The highest BCUT2D eigenvalue weighted by Gasteiger charge is 2.13. The molecule has 0 aliphatic carbocycles. The monoisotopic (exact) mass is 630 g/mol. The van der Waals surface area contributed by atoms with E-state index in [2.05, 4.69) is 61.5 Å². The number of imidazole rings is 1. The van der Waals surface area contributed by atoms with E-state index in [1.165, 1.54) is 24.3 Å². The first-order valence-corrected chi connectivity index (χ1v) is 14.8. The molecule has 0 spiro atoms. The number of anilines is 1. The number of hydrogen-bond acceptors (Lipinski definition) is 9. The lowest BCUT2D eigenvalue weighted by Gasteiger charge is -2.22. The first-order valence-electron chi connectivity index (χ1n) is 14.8. The smallest absolute Gasteiger partial charge is 0.269 e. The number of hydrogen-bond donors (Lipinski definition) is 0. The molecule has 5 aromatic rings. The van der Waals surface area contributed by atoms with Crippen LogP contribution in [0.2, 0.25) is 0 Å². The summed E-state index contributed by atoms with van der Waals surface area (Å²) in [4.78, 5) is 23.5. The molecule has 1 aromatic heterocycles. The number of benzene rings is 4. The molecule has 0 atom stereocenters. The number of rotatable bonds is 13. The molecule has 0 radical (unpaired) electrons. The zero-order chi connectivity index (χ0) is 33.2. The molecular formula is C34H32N9O4+. The molecule has 0 N–H and O–H groups in total. The molecule has 5 rings (SSSR count). The van der Waals surface area contributed by atoms with Gasteiger partial charge in [-0.25, -0.2) is 9.13 Å². The molecule has 0 bridgehead atoms. The summed E-state index contributed by atoms with van der Waals surface area (Å²) in [5.74, 6) is 0. The average molecular weight is 631 g/mol. The van der Waals surface area contributed by atoms with E-state index in [4.69, 9.17) is 0 Å². The largest absolute Gasteiger partial charge is 0.368 e. The zero-order valence-electron chi connectivity index (χ0n) is 25.8. The maximum atomic E-state index is 11.1. The Kier molecular flexibility index (Phi) is 10.3. The molecule has 0 saturated carbocycles. The van der Waals surface area contributed by atoms with E-state index >= 15 is 0 Å². The first-order chi connectivity index (χ1) is 22.8. The van der Waals surface area contributed by atoms with Crippen molar-refractivity contribution in [2.45, 2.75) is 13.5 Å². The van der Waals surface area contributed by atoms with Crippen LogP contribution >= 0.6 is 0 Å². The molecule has 0 aliphatic rings. The van der Waals surface area contributed by atoms with Crippen LogP contribution in [0.15, 0.2) is 136 Å². The van der Waals surface area contributed by atoms with Crippen LogP contribution in [-0.2, 0) is 13.6 Å². The molecular weight excluding hydrogens is 598 g/mol. The third-order valence-electron chi connectivity index (χ3n) is 7.29. The van der Waals surface area contributed by atoms with Crippen LogP contribution in [0.4, 0.5) is 28.4 Å². The van der Waals surface area contributed by atoms with Crippen LogP contribution in [0.25, 0.3) is 0 Å². The van der Waals surface area contributed by atoms with Gasteiger partial charge in [-0.1, -0.05) is 12.1 Å². The second kappa shape index (κ2) is 15.1. The second-order valence-electron chi connectivity index (χ2n) is 10.5. The number of azo groups is 1. The number of aromatic nitrogens is 2. The van der Waals surface area contributed by atoms with Gasteiger partial charge < -0.3 is 4.90 Å². The third-order valence-corrected chi connectivity index (χ3v) is 7.29. The normalized spacial score (nSPS) is 11.2. The van der Waals surface area contributed by atoms with Crippen molar-refractivity contribution in [2.75, 3.05) is 18.0 Å². The van der Waals surface area contributed by atoms with Gasteiger partial charge in [0.15, 0.2) is 0 Å². The van der Waals surface area contributed by atoms with Crippen molar-refractivity contribution < 1.29 is 14.4 Å². The number of nitro benzene ring substituents is 2. The Hall–Kier alpha value is -6.37. The highest BCUT2D eigenvalue weighted by Crippen LogP contribution is 2.23. The summed E-state index contributed by atoms with van der Waals surface area (Å²) in [5, 5.41) is 39.5. The Labute approximate surface area is 270 Å². The third kappa shape index (κ3) is 8.63. The van der Waals surface area contributed by atoms with Crippen molar-refractivity contribution in [3.8, 4) is 0 Å². The van der Waals surface area contributed by atoms with Gasteiger partial charge in [-0.3, -0.25) is 20.2 Å². The van der Waals surface area contributed by atoms with E-state index in [1.807, 2.05) is 54.2 Å². The lowest BCUT2D eigenvalue weighted by molar-refractivity contribution is -0.693. The van der Waals surface area contributed by atoms with E-state index in [1.54, 1.807) is 30.5 Å². The van der Waals surface area contributed by atoms with Gasteiger partial charge in [0.2, 0.25) is 6.33 Å². The highest BCUT2D eigenvalue weighted by molar-refractivity contribution is 6.13. The number of non-ortho nitro benzene ring substituents is 2. The highest BCUT2D eigenvalue weighted by atomic mass is 16.6. The predicted molar refractivity (Wildman–Crippen MR) is 180 cm³/mol. The van der Waals surface area contributed by atoms with E-state index in [0.717, 1.165) is 36.6 Å². The molecule has 0 unspecified atom stereocenters. The molecule has 4 aromatic carbocycles. The van der Waals surface area contributed by atoms with Crippen LogP contribution in [0.1, 0.15) is 23.6 Å². The van der Waals surface area contributed by atoms with Gasteiger partial charge in [0.05, 0.1) is 41.0 Å². The summed E-state index contributed by atoms with van der Waals surface area (Å²) in [5.41, 5.74) is 4.71. The molecule has 0 aliphatic heterocycles. The maximum Gasteiger partial charge on any atom is 0.269 e. The zero-order valence-corrected chi connectivity index (χ0v) is 25.8. The summed E-state index contributed by atoms with van der Waals surface area (Å²) in [6.45, 7) is 4.82. The fourth-order valence-corrected chi connectivity index (χ4v) is 4.73. The fraction of sp³-hybridized carbons (Fsp3) is 0.147. The molecule has 0 fully saturated rings. The van der Waals surface area contributed by atoms with E-state index < -0.39 is 9.85 Å². The molecule has 0 saturated heterocycles. The Morgan fingerprint density at radius 2 is 1.34 bits per heavy atom. The number of nitrogens with zero attached hydrogens (tertiary/aromatic N) is 9. The van der Waals surface area contributed by atoms with Crippen molar-refractivity contribution in [1.29, 1.82) is 0 Å². The molecule has 0 amide bonds. The standard InChI is InChI=1S/C34H32N9O4/c1-3-41(23-22-40-21-20-39(2)25-40)31-18-12-30(13-19-31)37-36-29-10-4-26(5-11-29)24-35-38-34(27-6-14-32(15-7-27)42(44)45)28-8-16-33(17-9-28)43(46)47/h4-21,24-25H,3,22-23H2,1-2H3/q+1. The van der Waals surface area contributed by atoms with E-state index in [0.29, 0.717) is 22.5 Å². The Balaban J connectivity index is 1.25. The SMILES string of the molecule is CCN(CC[n+]1ccn(C)c1)c1ccc(N=Nc2ccc(C=NN=C(c3ccc([N+](=O)[O-])cc3)c3ccc([N+](=O)[O-])cc3)cc2)cc1. The van der Waals surface area contributed by atoms with Gasteiger partial charge in [-0.05, 0) is 73.2 Å². The summed E-state index contributed by atoms with van der Waals surface area (Å²) in [6, 6.07) is 27.0. The molecule has 13 heteroatoms. The topological polar surface area (TPSA) is 148 Å². The summed E-state index contributed by atoms with van der Waals surface area (Å²) in [7, 11) is 2.01. The minimum atomic E-state index is -0.488. The average Bonchev–Trinajstić information content (AvgIpc) is 3.52. The quantitative estimate of drug-likeness (QED) is 0.0454. The van der Waals surface area contributed by atoms with Gasteiger partial charge in [0, 0.05) is 47.6 Å². The lowest BCUT2D eigenvalue weighted by atomic mass is 10.0. The van der Waals surface area contributed by atoms with E-state index in [-0.39, 0.29) is 11.4 Å². The van der Waals surface area contributed by atoms with E-state index in [9.17, 15) is 20.2 Å². The lowest BCUT2D eigenvalue weighted by Crippen LogP contribution is -2.39. The Bertz CT molecular complexity index is 1860. The van der Waals surface area contributed by atoms with Crippen molar-refractivity contribution in [3.05, 3.63) is 153 Å². The molecule has 47 heavy (non-hydrogen) atoms. The Morgan fingerprint density at radius 3 is 1.81 bits per heavy atom. The molecule has 1 heterocycles. The van der Waals surface area contributed by atoms with Gasteiger partial charge in [0.25, 0.3) is 11.4 Å². The summed E-state index contributed by atoms with van der Waals surface area (Å²) < 4.78 is 4.19. The van der Waals surface area contributed by atoms with Gasteiger partial charge in [-0.2, -0.15) is 15.3 Å². The number of nitro groups is 2. The van der Waals surface area contributed by atoms with Crippen molar-refractivity contribution in [3.63, 3.8) is 0 Å². The van der Waals surface area contributed by atoms with Gasteiger partial charge >= 0.3 is 0 Å². The maximum absolute atomic E-state index is 11.1. The summed E-state index contributed by atoms with van der Waals surface area (Å²) in [6.07, 6.45) is 7.72. The first kappa shape index (κ1) is 32.0. The van der Waals surface area contributed by atoms with Gasteiger partial charge in [-0.15, -0.1) is 5.10 Å². The minimum absolute atomic E-state index is 0.0634. The number of likely N-dealkylation sites (N-methyl/N-ethyl adjacent to an activating group) is 1. The van der Waals surface area contributed by atoms with Gasteiger partial charge in [0.1, 0.15) is 24.7 Å². The minimum Gasteiger partial charge on any atom is -0.368 e. The van der Waals surface area contributed by atoms with Crippen LogP contribution in [0.5, 0.6) is 0 Å². The molecule has 13 nitrogen and oxygen atoms in total. The van der Waals surface area contributed by atoms with Crippen LogP contribution in [-0.4, -0.2) is 39.4 Å². The van der Waals surface area contributed by atoms with Crippen molar-refractivity contribution in [2.24, 2.45) is 27.5 Å². The second-order valence-corrected chi connectivity index (χ2v) is 10.5. The van der Waals surface area contributed by atoms with Crippen LogP contribution in [0, 0.1) is 20.2 Å². The predicted octanol–water partition coefficient (Wildman–Crippen LogP) is 6.94. The van der Waals surface area contributed by atoms with Crippen LogP contribution in [0.3, 0.4) is 0 Å². The summed E-state index contributed by atoms with van der Waals surface area (Å²) >= 11 is 0. The van der Waals surface area contributed by atoms with Crippen molar-refractivity contribution >= 4 is 40.4 Å². The van der Waals surface area contributed by atoms with Crippen molar-refractivity contribution in [1.82, 2.24) is 4.57 Å². The Morgan fingerprint density at radius 1 is 0.809 bits per heavy atom. The van der Waals surface area contributed by atoms with Crippen LogP contribution < -0.4 is 9.47 Å².